The van der Waals surface area contributed by atoms with E-state index >= 15 is 0 Å². The van der Waals surface area contributed by atoms with Gasteiger partial charge in [0, 0.05) is 19.1 Å². The molecule has 0 atom stereocenters. The van der Waals surface area contributed by atoms with Crippen molar-refractivity contribution >= 4 is 0 Å². The van der Waals surface area contributed by atoms with Gasteiger partial charge in [-0.3, -0.25) is 4.90 Å². The predicted octanol–water partition coefficient (Wildman–Crippen LogP) is 2.78. The van der Waals surface area contributed by atoms with Crippen molar-refractivity contribution in [1.82, 2.24) is 10.2 Å². The van der Waals surface area contributed by atoms with Gasteiger partial charge in [-0.2, -0.15) is 0 Å². The van der Waals surface area contributed by atoms with Gasteiger partial charge in [0.25, 0.3) is 0 Å². The summed E-state index contributed by atoms with van der Waals surface area (Å²) in [5.41, 5.74) is 2.85. The van der Waals surface area contributed by atoms with Gasteiger partial charge in [0.1, 0.15) is 0 Å². The number of nitrogens with one attached hydrogen (secondary N) is 1. The highest BCUT2D eigenvalue weighted by Gasteiger charge is 2.27. The summed E-state index contributed by atoms with van der Waals surface area (Å²) in [5.74, 6) is 0. The molecule has 0 aromatic heterocycles. The number of benzene rings is 1. The Kier molecular flexibility index (Phi) is 4.57. The van der Waals surface area contributed by atoms with Crippen LogP contribution in [0.25, 0.3) is 0 Å². The molecule has 94 valence electrons. The first-order valence-corrected chi connectivity index (χ1v) is 6.86. The lowest BCUT2D eigenvalue weighted by molar-refractivity contribution is 0.269. The first-order chi connectivity index (χ1) is 8.33. The van der Waals surface area contributed by atoms with Crippen molar-refractivity contribution in [3.8, 4) is 0 Å². The van der Waals surface area contributed by atoms with Crippen LogP contribution < -0.4 is 5.32 Å². The highest BCUT2D eigenvalue weighted by molar-refractivity contribution is 5.23. The zero-order valence-corrected chi connectivity index (χ0v) is 11.1. The zero-order valence-electron chi connectivity index (χ0n) is 11.1. The molecule has 0 amide bonds. The van der Waals surface area contributed by atoms with Gasteiger partial charge >= 0.3 is 0 Å². The Labute approximate surface area is 105 Å². The van der Waals surface area contributed by atoms with Gasteiger partial charge in [-0.1, -0.05) is 38.1 Å². The molecular weight excluding hydrogens is 208 g/mol. The van der Waals surface area contributed by atoms with Crippen LogP contribution >= 0.6 is 0 Å². The maximum atomic E-state index is 3.38. The minimum absolute atomic E-state index is 0.859. The van der Waals surface area contributed by atoms with Crippen LogP contribution in [0.2, 0.25) is 0 Å². The van der Waals surface area contributed by atoms with Crippen molar-refractivity contribution < 1.29 is 0 Å². The van der Waals surface area contributed by atoms with Gasteiger partial charge in [0.15, 0.2) is 0 Å². The van der Waals surface area contributed by atoms with Crippen molar-refractivity contribution in [1.29, 1.82) is 0 Å². The lowest BCUT2D eigenvalue weighted by Gasteiger charge is -2.20. The molecule has 1 aliphatic rings. The SMILES string of the molecule is CCNCc1cccc(CN(CC)C2CC2)c1. The van der Waals surface area contributed by atoms with E-state index in [1.807, 2.05) is 0 Å². The highest BCUT2D eigenvalue weighted by Crippen LogP contribution is 2.27. The van der Waals surface area contributed by atoms with E-state index in [0.29, 0.717) is 0 Å². The summed E-state index contributed by atoms with van der Waals surface area (Å²) in [6, 6.07) is 9.84. The summed E-state index contributed by atoms with van der Waals surface area (Å²) in [6.07, 6.45) is 2.79. The van der Waals surface area contributed by atoms with Crippen LogP contribution in [0.4, 0.5) is 0 Å². The van der Waals surface area contributed by atoms with Gasteiger partial charge in [-0.05, 0) is 37.1 Å². The Morgan fingerprint density at radius 1 is 1.24 bits per heavy atom. The molecule has 1 aromatic rings. The lowest BCUT2D eigenvalue weighted by Crippen LogP contribution is -2.25. The Morgan fingerprint density at radius 2 is 2.00 bits per heavy atom. The van der Waals surface area contributed by atoms with Crippen LogP contribution in [-0.2, 0) is 13.1 Å². The quantitative estimate of drug-likeness (QED) is 0.777. The molecule has 0 aliphatic heterocycles. The molecule has 1 fully saturated rings. The Balaban J connectivity index is 1.94. The number of hydrogen-bond acceptors (Lipinski definition) is 2. The zero-order chi connectivity index (χ0) is 12.1. The summed E-state index contributed by atoms with van der Waals surface area (Å²) >= 11 is 0. The fourth-order valence-corrected chi connectivity index (χ4v) is 2.28. The predicted molar refractivity (Wildman–Crippen MR) is 72.9 cm³/mol. The van der Waals surface area contributed by atoms with E-state index in [0.717, 1.165) is 25.7 Å². The third-order valence-corrected chi connectivity index (χ3v) is 3.43. The van der Waals surface area contributed by atoms with Gasteiger partial charge in [0.05, 0.1) is 0 Å². The Bertz CT molecular complexity index is 345. The maximum absolute atomic E-state index is 3.38. The molecule has 1 aromatic carbocycles. The minimum atomic E-state index is 0.859. The van der Waals surface area contributed by atoms with E-state index in [1.54, 1.807) is 0 Å². The second-order valence-corrected chi connectivity index (χ2v) is 4.89. The summed E-state index contributed by atoms with van der Waals surface area (Å²) in [4.78, 5) is 2.59. The van der Waals surface area contributed by atoms with Crippen molar-refractivity contribution in [3.05, 3.63) is 35.4 Å². The molecule has 0 saturated heterocycles. The summed E-state index contributed by atoms with van der Waals surface area (Å²) < 4.78 is 0. The number of hydrogen-bond donors (Lipinski definition) is 1. The molecular formula is C15H24N2. The highest BCUT2D eigenvalue weighted by atomic mass is 15.2. The van der Waals surface area contributed by atoms with Crippen molar-refractivity contribution in [2.45, 2.75) is 45.8 Å². The van der Waals surface area contributed by atoms with E-state index in [9.17, 15) is 0 Å². The van der Waals surface area contributed by atoms with Gasteiger partial charge in [0.2, 0.25) is 0 Å². The molecule has 1 saturated carbocycles. The number of nitrogens with zero attached hydrogens (tertiary/aromatic N) is 1. The van der Waals surface area contributed by atoms with Crippen molar-refractivity contribution in [3.63, 3.8) is 0 Å². The van der Waals surface area contributed by atoms with Crippen LogP contribution in [0.3, 0.4) is 0 Å². The molecule has 1 aliphatic carbocycles. The molecule has 0 heterocycles. The monoisotopic (exact) mass is 232 g/mol. The summed E-state index contributed by atoms with van der Waals surface area (Å²) in [7, 11) is 0. The van der Waals surface area contributed by atoms with E-state index < -0.39 is 0 Å². The third kappa shape index (κ3) is 3.83. The van der Waals surface area contributed by atoms with Crippen molar-refractivity contribution in [2.75, 3.05) is 13.1 Å². The third-order valence-electron chi connectivity index (χ3n) is 3.43. The maximum Gasteiger partial charge on any atom is 0.0236 e. The van der Waals surface area contributed by atoms with E-state index in [1.165, 1.54) is 30.5 Å². The molecule has 0 radical (unpaired) electrons. The van der Waals surface area contributed by atoms with E-state index in [4.69, 9.17) is 0 Å². The van der Waals surface area contributed by atoms with Gasteiger partial charge < -0.3 is 5.32 Å². The molecule has 0 unspecified atom stereocenters. The first kappa shape index (κ1) is 12.6. The average molecular weight is 232 g/mol. The van der Waals surface area contributed by atoms with Gasteiger partial charge in [-0.15, -0.1) is 0 Å². The van der Waals surface area contributed by atoms with Crippen LogP contribution in [0.5, 0.6) is 0 Å². The second kappa shape index (κ2) is 6.18. The summed E-state index contributed by atoms with van der Waals surface area (Å²) in [6.45, 7) is 8.72. The van der Waals surface area contributed by atoms with Crippen LogP contribution in [0.15, 0.2) is 24.3 Å². The second-order valence-electron chi connectivity index (χ2n) is 4.89. The summed E-state index contributed by atoms with van der Waals surface area (Å²) in [5, 5.41) is 3.38. The average Bonchev–Trinajstić information content (AvgIpc) is 3.18. The van der Waals surface area contributed by atoms with Gasteiger partial charge in [-0.25, -0.2) is 0 Å². The first-order valence-electron chi connectivity index (χ1n) is 6.86. The fraction of sp³-hybridized carbons (Fsp3) is 0.600. The van der Waals surface area contributed by atoms with E-state index in [2.05, 4.69) is 48.3 Å². The van der Waals surface area contributed by atoms with Crippen LogP contribution in [-0.4, -0.2) is 24.0 Å². The minimum Gasteiger partial charge on any atom is -0.313 e. The molecule has 1 N–H and O–H groups in total. The van der Waals surface area contributed by atoms with Crippen LogP contribution in [0, 0.1) is 0 Å². The Hall–Kier alpha value is -0.860. The van der Waals surface area contributed by atoms with Crippen molar-refractivity contribution in [2.24, 2.45) is 0 Å². The van der Waals surface area contributed by atoms with Crippen LogP contribution in [0.1, 0.15) is 37.8 Å². The molecule has 2 nitrogen and oxygen atoms in total. The fourth-order valence-electron chi connectivity index (χ4n) is 2.28. The van der Waals surface area contributed by atoms with E-state index in [-0.39, 0.29) is 0 Å². The Morgan fingerprint density at radius 3 is 2.65 bits per heavy atom. The molecule has 17 heavy (non-hydrogen) atoms. The normalized spacial score (nSPS) is 15.5. The number of rotatable bonds is 7. The molecule has 2 rings (SSSR count). The molecule has 2 heteroatoms. The lowest BCUT2D eigenvalue weighted by atomic mass is 10.1. The smallest absolute Gasteiger partial charge is 0.0236 e. The largest absolute Gasteiger partial charge is 0.313 e. The standard InChI is InChI=1S/C15H24N2/c1-3-16-11-13-6-5-7-14(10-13)12-17(4-2)15-8-9-15/h5-7,10,15-16H,3-4,8-9,11-12H2,1-2H3. The topological polar surface area (TPSA) is 15.3 Å². The molecule has 0 spiro atoms. The molecule has 0 bridgehead atoms.